The van der Waals surface area contributed by atoms with E-state index in [1.165, 1.54) is 0 Å². The van der Waals surface area contributed by atoms with Gasteiger partial charge < -0.3 is 14.5 Å². The third kappa shape index (κ3) is 4.02. The zero-order chi connectivity index (χ0) is 15.4. The minimum absolute atomic E-state index is 0.502. The molecule has 0 aliphatic carbocycles. The summed E-state index contributed by atoms with van der Waals surface area (Å²) in [6.07, 6.45) is 0. The number of hydrogen-bond acceptors (Lipinski definition) is 3. The molecule has 4 heteroatoms. The Kier molecular flexibility index (Phi) is 5.32. The molecule has 0 unspecified atom stereocenters. The van der Waals surface area contributed by atoms with Crippen LogP contribution in [0.1, 0.15) is 35.1 Å². The van der Waals surface area contributed by atoms with Crippen molar-refractivity contribution in [3.8, 4) is 5.75 Å². The number of rotatable bonds is 6. The summed E-state index contributed by atoms with van der Waals surface area (Å²) in [5, 5.41) is 4.05. The lowest BCUT2D eigenvalue weighted by Crippen LogP contribution is -2.10. The number of ether oxygens (including phenoxy) is 1. The van der Waals surface area contributed by atoms with Crippen LogP contribution in [0.2, 0.25) is 5.02 Å². The highest BCUT2D eigenvalue weighted by Gasteiger charge is 2.09. The van der Waals surface area contributed by atoms with Gasteiger partial charge in [0.05, 0.1) is 6.54 Å². The van der Waals surface area contributed by atoms with Crippen molar-refractivity contribution in [3.63, 3.8) is 0 Å². The maximum Gasteiger partial charge on any atom is 0.120 e. The molecule has 0 fully saturated rings. The molecule has 1 aromatic carbocycles. The molecular weight excluding hydrogens is 286 g/mol. The van der Waals surface area contributed by atoms with Crippen molar-refractivity contribution >= 4 is 11.6 Å². The topological polar surface area (TPSA) is 34.4 Å². The number of halogens is 1. The van der Waals surface area contributed by atoms with Gasteiger partial charge in [-0.1, -0.05) is 18.5 Å². The summed E-state index contributed by atoms with van der Waals surface area (Å²) in [7, 11) is 0. The predicted octanol–water partition coefficient (Wildman–Crippen LogP) is 4.55. The summed E-state index contributed by atoms with van der Waals surface area (Å²) in [5.41, 5.74) is 3.14. The van der Waals surface area contributed by atoms with E-state index in [0.717, 1.165) is 52.1 Å². The molecule has 0 spiro atoms. The lowest BCUT2D eigenvalue weighted by atomic mass is 10.1. The Morgan fingerprint density at radius 2 is 1.81 bits per heavy atom. The second-order valence-electron chi connectivity index (χ2n) is 5.23. The minimum Gasteiger partial charge on any atom is -0.489 e. The molecule has 21 heavy (non-hydrogen) atoms. The van der Waals surface area contributed by atoms with E-state index in [1.807, 2.05) is 39.0 Å². The summed E-state index contributed by atoms with van der Waals surface area (Å²) in [6, 6.07) is 5.97. The van der Waals surface area contributed by atoms with Crippen molar-refractivity contribution in [2.75, 3.05) is 6.54 Å². The fourth-order valence-corrected chi connectivity index (χ4v) is 2.33. The van der Waals surface area contributed by atoms with E-state index in [2.05, 4.69) is 12.2 Å². The van der Waals surface area contributed by atoms with Gasteiger partial charge in [0.25, 0.3) is 0 Å². The van der Waals surface area contributed by atoms with Crippen LogP contribution in [0.5, 0.6) is 5.75 Å². The zero-order valence-corrected chi connectivity index (χ0v) is 13.8. The first-order valence-electron chi connectivity index (χ1n) is 7.19. The SMILES string of the molecule is CCNCc1cc(COc2cc(C)c(Cl)c(C)c2)c(C)o1. The molecule has 2 rings (SSSR count). The molecular formula is C17H22ClNO2. The van der Waals surface area contributed by atoms with E-state index >= 15 is 0 Å². The maximum absolute atomic E-state index is 6.17. The van der Waals surface area contributed by atoms with Gasteiger partial charge in [0.1, 0.15) is 23.9 Å². The molecule has 0 aliphatic rings. The zero-order valence-electron chi connectivity index (χ0n) is 13.0. The Morgan fingerprint density at radius 3 is 2.43 bits per heavy atom. The smallest absolute Gasteiger partial charge is 0.120 e. The highest BCUT2D eigenvalue weighted by Crippen LogP contribution is 2.27. The van der Waals surface area contributed by atoms with Gasteiger partial charge in [-0.15, -0.1) is 0 Å². The number of benzene rings is 1. The van der Waals surface area contributed by atoms with Crippen LogP contribution < -0.4 is 10.1 Å². The van der Waals surface area contributed by atoms with Crippen molar-refractivity contribution in [2.24, 2.45) is 0 Å². The standard InChI is InChI=1S/C17H22ClNO2/c1-5-19-9-16-8-14(13(4)21-16)10-20-15-6-11(2)17(18)12(3)7-15/h6-8,19H,5,9-10H2,1-4H3. The molecule has 1 heterocycles. The van der Waals surface area contributed by atoms with Crippen LogP contribution in [0.3, 0.4) is 0 Å². The predicted molar refractivity (Wildman–Crippen MR) is 86.1 cm³/mol. The molecule has 0 atom stereocenters. The Bertz CT molecular complexity index is 596. The van der Waals surface area contributed by atoms with Crippen molar-refractivity contribution < 1.29 is 9.15 Å². The number of nitrogens with one attached hydrogen (secondary N) is 1. The summed E-state index contributed by atoms with van der Waals surface area (Å²) in [4.78, 5) is 0. The summed E-state index contributed by atoms with van der Waals surface area (Å²) in [5.74, 6) is 2.69. The van der Waals surface area contributed by atoms with E-state index in [9.17, 15) is 0 Å². The minimum atomic E-state index is 0.502. The third-order valence-electron chi connectivity index (χ3n) is 3.43. The fourth-order valence-electron chi connectivity index (χ4n) is 2.22. The van der Waals surface area contributed by atoms with Gasteiger partial charge in [0.15, 0.2) is 0 Å². The highest BCUT2D eigenvalue weighted by atomic mass is 35.5. The Balaban J connectivity index is 2.04. The lowest BCUT2D eigenvalue weighted by molar-refractivity contribution is 0.302. The van der Waals surface area contributed by atoms with Crippen LogP contribution in [0.4, 0.5) is 0 Å². The largest absolute Gasteiger partial charge is 0.489 e. The molecule has 114 valence electrons. The van der Waals surface area contributed by atoms with Crippen LogP contribution >= 0.6 is 11.6 Å². The van der Waals surface area contributed by atoms with Gasteiger partial charge in [-0.3, -0.25) is 0 Å². The van der Waals surface area contributed by atoms with Crippen LogP contribution in [-0.4, -0.2) is 6.54 Å². The van der Waals surface area contributed by atoms with E-state index in [-0.39, 0.29) is 0 Å². The summed E-state index contributed by atoms with van der Waals surface area (Å²) < 4.78 is 11.6. The first kappa shape index (κ1) is 15.9. The second kappa shape index (κ2) is 7.01. The molecule has 2 aromatic rings. The van der Waals surface area contributed by atoms with Gasteiger partial charge in [0, 0.05) is 10.6 Å². The summed E-state index contributed by atoms with van der Waals surface area (Å²) >= 11 is 6.17. The molecule has 0 saturated carbocycles. The molecule has 1 N–H and O–H groups in total. The third-order valence-corrected chi connectivity index (χ3v) is 4.02. The van der Waals surface area contributed by atoms with Gasteiger partial charge in [0.2, 0.25) is 0 Å². The van der Waals surface area contributed by atoms with Crippen molar-refractivity contribution in [1.82, 2.24) is 5.32 Å². The summed E-state index contributed by atoms with van der Waals surface area (Å²) in [6.45, 7) is 10.2. The molecule has 0 amide bonds. The van der Waals surface area contributed by atoms with E-state index in [1.54, 1.807) is 0 Å². The number of aryl methyl sites for hydroxylation is 3. The first-order valence-corrected chi connectivity index (χ1v) is 7.57. The highest BCUT2D eigenvalue weighted by molar-refractivity contribution is 6.32. The Hall–Kier alpha value is -1.45. The van der Waals surface area contributed by atoms with Crippen LogP contribution in [0.15, 0.2) is 22.6 Å². The fraction of sp³-hybridized carbons (Fsp3) is 0.412. The van der Waals surface area contributed by atoms with Crippen LogP contribution in [-0.2, 0) is 13.2 Å². The lowest BCUT2D eigenvalue weighted by Gasteiger charge is -2.09. The van der Waals surface area contributed by atoms with E-state index in [4.69, 9.17) is 20.8 Å². The van der Waals surface area contributed by atoms with Crippen molar-refractivity contribution in [3.05, 3.63) is 51.4 Å². The maximum atomic E-state index is 6.17. The van der Waals surface area contributed by atoms with Gasteiger partial charge in [-0.25, -0.2) is 0 Å². The molecule has 0 saturated heterocycles. The average Bonchev–Trinajstić information content (AvgIpc) is 2.80. The van der Waals surface area contributed by atoms with Crippen LogP contribution in [0.25, 0.3) is 0 Å². The normalized spacial score (nSPS) is 10.9. The molecule has 3 nitrogen and oxygen atoms in total. The first-order chi connectivity index (χ1) is 10.0. The van der Waals surface area contributed by atoms with E-state index in [0.29, 0.717) is 6.61 Å². The molecule has 0 bridgehead atoms. The van der Waals surface area contributed by atoms with Gasteiger partial charge in [-0.2, -0.15) is 0 Å². The van der Waals surface area contributed by atoms with Crippen molar-refractivity contribution in [1.29, 1.82) is 0 Å². The second-order valence-corrected chi connectivity index (χ2v) is 5.61. The van der Waals surface area contributed by atoms with Gasteiger partial charge >= 0.3 is 0 Å². The average molecular weight is 308 g/mol. The number of hydrogen-bond donors (Lipinski definition) is 1. The quantitative estimate of drug-likeness (QED) is 0.850. The Morgan fingerprint density at radius 1 is 1.14 bits per heavy atom. The molecule has 0 radical (unpaired) electrons. The molecule has 0 aliphatic heterocycles. The van der Waals surface area contributed by atoms with Crippen molar-refractivity contribution in [2.45, 2.75) is 40.8 Å². The monoisotopic (exact) mass is 307 g/mol. The molecule has 1 aromatic heterocycles. The Labute approximate surface area is 131 Å². The van der Waals surface area contributed by atoms with Gasteiger partial charge in [-0.05, 0) is 56.6 Å². The van der Waals surface area contributed by atoms with Crippen LogP contribution in [0, 0.1) is 20.8 Å². The van der Waals surface area contributed by atoms with E-state index < -0.39 is 0 Å². The number of furan rings is 1.